The summed E-state index contributed by atoms with van der Waals surface area (Å²) in [4.78, 5) is 27.2. The lowest BCUT2D eigenvalue weighted by molar-refractivity contribution is -0.137. The summed E-state index contributed by atoms with van der Waals surface area (Å²) in [6.45, 7) is 6.71. The van der Waals surface area contributed by atoms with Crippen molar-refractivity contribution in [1.29, 1.82) is 0 Å². The summed E-state index contributed by atoms with van der Waals surface area (Å²) in [5.74, 6) is 1.11. The maximum Gasteiger partial charge on any atom is 0.416 e. The lowest BCUT2D eigenvalue weighted by Gasteiger charge is -2.38. The van der Waals surface area contributed by atoms with Crippen molar-refractivity contribution >= 4 is 11.7 Å². The number of fused-ring (bicyclic) bond motifs is 1. The topological polar surface area (TPSA) is 106 Å². The van der Waals surface area contributed by atoms with Crippen LogP contribution >= 0.6 is 0 Å². The van der Waals surface area contributed by atoms with E-state index in [1.54, 1.807) is 33.1 Å². The minimum absolute atomic E-state index is 0.00546. The summed E-state index contributed by atoms with van der Waals surface area (Å²) in [6.07, 6.45) is -1.42. The van der Waals surface area contributed by atoms with Gasteiger partial charge in [0.15, 0.2) is 11.5 Å². The number of ether oxygens (including phenoxy) is 2. The average Bonchev–Trinajstić information content (AvgIpc) is 3.46. The Morgan fingerprint density at radius 3 is 2.57 bits per heavy atom. The summed E-state index contributed by atoms with van der Waals surface area (Å²) in [7, 11) is 1.70. The SMILES string of the molecule is CO[C@@H]1COCCC1NC1CCN(C(=O)c2nc(-c3cc(C)on3)nc(N3CCc4ccc(C(F)(F)F)cc4C3)c2C)CC1. The van der Waals surface area contributed by atoms with Crippen LogP contribution in [0, 0.1) is 13.8 Å². The smallest absolute Gasteiger partial charge is 0.379 e. The predicted molar refractivity (Wildman–Crippen MR) is 155 cm³/mol. The second-order valence-electron chi connectivity index (χ2n) is 11.8. The van der Waals surface area contributed by atoms with E-state index in [-0.39, 0.29) is 42.2 Å². The summed E-state index contributed by atoms with van der Waals surface area (Å²) in [5.41, 5.74) is 2.01. The van der Waals surface area contributed by atoms with Crippen LogP contribution in [0.3, 0.4) is 0 Å². The molecule has 2 aromatic heterocycles. The van der Waals surface area contributed by atoms with Gasteiger partial charge >= 0.3 is 6.18 Å². The molecule has 3 aliphatic rings. The Balaban J connectivity index is 1.24. The number of carbonyl (C=O) groups is 1. The number of nitrogens with one attached hydrogen (secondary N) is 1. The van der Waals surface area contributed by atoms with Gasteiger partial charge in [0, 0.05) is 63.6 Å². The highest BCUT2D eigenvalue weighted by atomic mass is 19.4. The van der Waals surface area contributed by atoms with Crippen LogP contribution in [-0.4, -0.2) is 84.1 Å². The monoisotopic (exact) mass is 614 g/mol. The third-order valence-corrected chi connectivity index (χ3v) is 8.86. The molecule has 6 rings (SSSR count). The molecule has 3 aromatic rings. The number of benzene rings is 1. The Morgan fingerprint density at radius 2 is 1.86 bits per heavy atom. The van der Waals surface area contributed by atoms with Crippen molar-refractivity contribution in [1.82, 2.24) is 25.3 Å². The van der Waals surface area contributed by atoms with Gasteiger partial charge < -0.3 is 29.1 Å². The number of anilines is 1. The number of methoxy groups -OCH3 is 1. The molecule has 1 amide bonds. The van der Waals surface area contributed by atoms with Gasteiger partial charge in [0.2, 0.25) is 0 Å². The third kappa shape index (κ3) is 6.31. The fourth-order valence-corrected chi connectivity index (χ4v) is 6.36. The number of aryl methyl sites for hydroxylation is 1. The summed E-state index contributed by atoms with van der Waals surface area (Å²) >= 11 is 0. The molecule has 1 aromatic carbocycles. The fourth-order valence-electron chi connectivity index (χ4n) is 6.36. The normalized spacial score (nSPS) is 21.4. The predicted octanol–water partition coefficient (Wildman–Crippen LogP) is 4.33. The Labute approximate surface area is 253 Å². The Hall–Kier alpha value is -3.55. The standard InChI is InChI=1S/C31H37F3N6O4/c1-18-14-25(38-44-18)28-36-27(30(41)39-11-7-23(8-12-39)35-24-9-13-43-17-26(24)42-3)19(2)29(37-28)40-10-6-20-4-5-22(31(32,33)34)15-21(20)16-40/h4-5,14-15,23-24,26,35H,6-13,16-17H2,1-3H3/t24?,26-/m1/s1. The van der Waals surface area contributed by atoms with E-state index in [1.165, 1.54) is 6.07 Å². The van der Waals surface area contributed by atoms with Crippen molar-refractivity contribution in [2.45, 2.75) is 70.4 Å². The highest BCUT2D eigenvalue weighted by Gasteiger charge is 2.34. The molecule has 1 unspecified atom stereocenters. The molecule has 2 fully saturated rings. The summed E-state index contributed by atoms with van der Waals surface area (Å²) in [6, 6.07) is 6.05. The molecular weight excluding hydrogens is 577 g/mol. The minimum atomic E-state index is -4.43. The van der Waals surface area contributed by atoms with Gasteiger partial charge in [0.1, 0.15) is 17.3 Å². The molecule has 10 nitrogen and oxygen atoms in total. The maximum atomic E-state index is 14.0. The number of hydrogen-bond acceptors (Lipinski definition) is 9. The van der Waals surface area contributed by atoms with Crippen molar-refractivity contribution in [3.05, 3.63) is 58.0 Å². The largest absolute Gasteiger partial charge is 0.416 e. The number of rotatable bonds is 6. The van der Waals surface area contributed by atoms with Gasteiger partial charge in [-0.15, -0.1) is 0 Å². The first-order chi connectivity index (χ1) is 21.1. The zero-order valence-electron chi connectivity index (χ0n) is 25.1. The van der Waals surface area contributed by atoms with E-state index in [2.05, 4.69) is 15.5 Å². The molecule has 3 aliphatic heterocycles. The van der Waals surface area contributed by atoms with Crippen molar-refractivity contribution in [3.8, 4) is 11.5 Å². The van der Waals surface area contributed by atoms with Crippen molar-refractivity contribution < 1.29 is 32.0 Å². The van der Waals surface area contributed by atoms with Crippen LogP contribution in [0.4, 0.5) is 19.0 Å². The molecule has 2 atom stereocenters. The Morgan fingerprint density at radius 1 is 1.07 bits per heavy atom. The molecule has 236 valence electrons. The third-order valence-electron chi connectivity index (χ3n) is 8.86. The van der Waals surface area contributed by atoms with Crippen LogP contribution in [0.15, 0.2) is 28.8 Å². The van der Waals surface area contributed by atoms with Gasteiger partial charge in [0.05, 0.1) is 18.3 Å². The molecule has 0 spiro atoms. The molecule has 5 heterocycles. The van der Waals surface area contributed by atoms with Crippen LogP contribution in [-0.2, 0) is 28.6 Å². The van der Waals surface area contributed by atoms with Crippen molar-refractivity contribution in [3.63, 3.8) is 0 Å². The average molecular weight is 615 g/mol. The molecule has 13 heteroatoms. The van der Waals surface area contributed by atoms with Gasteiger partial charge in [-0.05, 0) is 62.8 Å². The van der Waals surface area contributed by atoms with Crippen molar-refractivity contribution in [2.75, 3.05) is 44.9 Å². The quantitative estimate of drug-likeness (QED) is 0.435. The van der Waals surface area contributed by atoms with Gasteiger partial charge in [-0.25, -0.2) is 9.97 Å². The molecule has 0 saturated carbocycles. The van der Waals surface area contributed by atoms with Crippen molar-refractivity contribution in [2.24, 2.45) is 0 Å². The van der Waals surface area contributed by atoms with E-state index >= 15 is 0 Å². The zero-order valence-corrected chi connectivity index (χ0v) is 25.1. The van der Waals surface area contributed by atoms with E-state index in [0.29, 0.717) is 67.7 Å². The number of nitrogens with zero attached hydrogens (tertiary/aromatic N) is 5. The van der Waals surface area contributed by atoms with E-state index in [9.17, 15) is 18.0 Å². The molecule has 2 saturated heterocycles. The first-order valence-electron chi connectivity index (χ1n) is 15.0. The highest BCUT2D eigenvalue weighted by molar-refractivity contribution is 5.95. The number of carbonyl (C=O) groups excluding carboxylic acids is 1. The first-order valence-corrected chi connectivity index (χ1v) is 15.0. The molecule has 0 radical (unpaired) electrons. The maximum absolute atomic E-state index is 14.0. The second-order valence-corrected chi connectivity index (χ2v) is 11.8. The van der Waals surface area contributed by atoms with E-state index in [4.69, 9.17) is 19.0 Å². The van der Waals surface area contributed by atoms with Gasteiger partial charge in [-0.2, -0.15) is 13.2 Å². The number of piperidine rings is 1. The second kappa shape index (κ2) is 12.4. The number of amides is 1. The Kier molecular flexibility index (Phi) is 8.62. The van der Waals surface area contributed by atoms with Crippen LogP contribution < -0.4 is 10.2 Å². The van der Waals surface area contributed by atoms with E-state index < -0.39 is 11.7 Å². The minimum Gasteiger partial charge on any atom is -0.379 e. The highest BCUT2D eigenvalue weighted by Crippen LogP contribution is 2.34. The van der Waals surface area contributed by atoms with Crippen LogP contribution in [0.25, 0.3) is 11.5 Å². The lowest BCUT2D eigenvalue weighted by Crippen LogP contribution is -2.54. The van der Waals surface area contributed by atoms with Crippen LogP contribution in [0.1, 0.15) is 57.8 Å². The van der Waals surface area contributed by atoms with Crippen LogP contribution in [0.2, 0.25) is 0 Å². The van der Waals surface area contributed by atoms with Gasteiger partial charge in [0.25, 0.3) is 5.91 Å². The number of halogens is 3. The molecule has 1 N–H and O–H groups in total. The molecule has 0 bridgehead atoms. The zero-order chi connectivity index (χ0) is 31.0. The molecule has 44 heavy (non-hydrogen) atoms. The summed E-state index contributed by atoms with van der Waals surface area (Å²) < 4.78 is 56.8. The number of likely N-dealkylation sites (tertiary alicyclic amines) is 1. The van der Waals surface area contributed by atoms with E-state index in [1.807, 2.05) is 9.80 Å². The van der Waals surface area contributed by atoms with Gasteiger partial charge in [-0.3, -0.25) is 4.79 Å². The molecular formula is C31H37F3N6O4. The fraction of sp³-hybridized carbons (Fsp3) is 0.548. The number of aromatic nitrogens is 3. The number of alkyl halides is 3. The van der Waals surface area contributed by atoms with Crippen LogP contribution in [0.5, 0.6) is 0 Å². The Bertz CT molecular complexity index is 1500. The van der Waals surface area contributed by atoms with Gasteiger partial charge in [-0.1, -0.05) is 11.2 Å². The number of hydrogen-bond donors (Lipinski definition) is 1. The first kappa shape index (κ1) is 30.5. The lowest BCUT2D eigenvalue weighted by atomic mass is 9.96. The van der Waals surface area contributed by atoms with E-state index in [0.717, 1.165) is 30.9 Å². The summed E-state index contributed by atoms with van der Waals surface area (Å²) in [5, 5.41) is 7.78. The molecule has 0 aliphatic carbocycles.